The Bertz CT molecular complexity index is 465. The van der Waals surface area contributed by atoms with Crippen molar-refractivity contribution in [3.63, 3.8) is 0 Å². The molecule has 2 N–H and O–H groups in total. The Hall–Kier alpha value is -1.10. The number of rotatable bonds is 4. The minimum absolute atomic E-state index is 0.105. The minimum Gasteiger partial charge on any atom is -0.351 e. The van der Waals surface area contributed by atoms with Crippen molar-refractivity contribution in [2.45, 2.75) is 6.54 Å². The molecule has 2 atom stereocenters. The summed E-state index contributed by atoms with van der Waals surface area (Å²) in [6.07, 6.45) is 0. The van der Waals surface area contributed by atoms with Crippen LogP contribution in [0.1, 0.15) is 5.56 Å². The van der Waals surface area contributed by atoms with Crippen LogP contribution in [-0.2, 0) is 11.3 Å². The van der Waals surface area contributed by atoms with Crippen molar-refractivity contribution in [2.75, 3.05) is 32.7 Å². The van der Waals surface area contributed by atoms with Gasteiger partial charge >= 0.3 is 0 Å². The Morgan fingerprint density at radius 3 is 2.55 bits per heavy atom. The summed E-state index contributed by atoms with van der Waals surface area (Å²) in [4.78, 5) is 14.2. The van der Waals surface area contributed by atoms with E-state index < -0.39 is 0 Å². The number of halogens is 1. The number of amides is 1. The Labute approximate surface area is 124 Å². The molecule has 5 heteroatoms. The minimum atomic E-state index is 0.105. The molecule has 1 aromatic rings. The molecule has 0 radical (unpaired) electrons. The largest absolute Gasteiger partial charge is 0.351 e. The van der Waals surface area contributed by atoms with Gasteiger partial charge in [0.05, 0.1) is 6.54 Å². The number of carbonyl (C=O) groups excluding carboxylic acids is 1. The van der Waals surface area contributed by atoms with Crippen LogP contribution in [0.2, 0.25) is 5.02 Å². The van der Waals surface area contributed by atoms with Gasteiger partial charge in [-0.2, -0.15) is 0 Å². The fraction of sp³-hybridized carbons (Fsp3) is 0.533. The first-order valence-corrected chi connectivity index (χ1v) is 7.53. The van der Waals surface area contributed by atoms with E-state index in [-0.39, 0.29) is 5.91 Å². The van der Waals surface area contributed by atoms with Crippen molar-refractivity contribution >= 4 is 17.5 Å². The summed E-state index contributed by atoms with van der Waals surface area (Å²) in [6.45, 7) is 5.39. The number of nitrogens with zero attached hydrogens (tertiary/aromatic N) is 1. The van der Waals surface area contributed by atoms with E-state index in [9.17, 15) is 4.79 Å². The number of hydrogen-bond donors (Lipinski definition) is 2. The third kappa shape index (κ3) is 3.32. The van der Waals surface area contributed by atoms with Crippen LogP contribution < -0.4 is 10.6 Å². The predicted octanol–water partition coefficient (Wildman–Crippen LogP) is 1.11. The molecule has 2 unspecified atom stereocenters. The van der Waals surface area contributed by atoms with Gasteiger partial charge in [0.25, 0.3) is 0 Å². The molecule has 2 saturated heterocycles. The maximum atomic E-state index is 12.0. The predicted molar refractivity (Wildman–Crippen MR) is 79.6 cm³/mol. The van der Waals surface area contributed by atoms with E-state index in [4.69, 9.17) is 11.6 Å². The second-order valence-electron chi connectivity index (χ2n) is 5.78. The summed E-state index contributed by atoms with van der Waals surface area (Å²) in [5, 5.41) is 7.10. The lowest BCUT2D eigenvalue weighted by atomic mass is 10.0. The molecule has 2 heterocycles. The van der Waals surface area contributed by atoms with Crippen LogP contribution in [0.5, 0.6) is 0 Å². The summed E-state index contributed by atoms with van der Waals surface area (Å²) in [5.74, 6) is 1.58. The first-order chi connectivity index (χ1) is 9.70. The van der Waals surface area contributed by atoms with Crippen LogP contribution in [0.4, 0.5) is 0 Å². The van der Waals surface area contributed by atoms with Gasteiger partial charge in [-0.3, -0.25) is 9.69 Å². The Morgan fingerprint density at radius 1 is 1.25 bits per heavy atom. The van der Waals surface area contributed by atoms with Crippen LogP contribution in [0, 0.1) is 11.8 Å². The van der Waals surface area contributed by atoms with Gasteiger partial charge in [0.15, 0.2) is 0 Å². The van der Waals surface area contributed by atoms with Gasteiger partial charge in [0.2, 0.25) is 5.91 Å². The Morgan fingerprint density at radius 2 is 1.90 bits per heavy atom. The second kappa shape index (κ2) is 6.12. The maximum absolute atomic E-state index is 12.0. The van der Waals surface area contributed by atoms with Crippen molar-refractivity contribution in [1.29, 1.82) is 0 Å². The molecule has 2 aliphatic heterocycles. The average Bonchev–Trinajstić information content (AvgIpc) is 2.99. The summed E-state index contributed by atoms with van der Waals surface area (Å²) < 4.78 is 0. The van der Waals surface area contributed by atoms with Gasteiger partial charge in [-0.15, -0.1) is 0 Å². The topological polar surface area (TPSA) is 44.4 Å². The first kappa shape index (κ1) is 13.9. The zero-order chi connectivity index (χ0) is 13.9. The number of fused-ring (bicyclic) bond motifs is 1. The third-order valence-electron chi connectivity index (χ3n) is 4.24. The molecule has 3 rings (SSSR count). The van der Waals surface area contributed by atoms with Gasteiger partial charge in [-0.25, -0.2) is 0 Å². The second-order valence-corrected chi connectivity index (χ2v) is 6.21. The summed E-state index contributed by atoms with van der Waals surface area (Å²) in [7, 11) is 0. The highest BCUT2D eigenvalue weighted by Crippen LogP contribution is 2.25. The fourth-order valence-electron chi connectivity index (χ4n) is 3.14. The standard InChI is InChI=1S/C15H20ClN3O/c16-14-3-1-11(2-4-14)5-18-15(20)10-19-8-12-6-17-7-13(12)9-19/h1-4,12-13,17H,5-10H2,(H,18,20). The summed E-state index contributed by atoms with van der Waals surface area (Å²) >= 11 is 5.84. The van der Waals surface area contributed by atoms with E-state index in [0.717, 1.165) is 48.6 Å². The van der Waals surface area contributed by atoms with E-state index in [2.05, 4.69) is 15.5 Å². The first-order valence-electron chi connectivity index (χ1n) is 7.15. The van der Waals surface area contributed by atoms with Crippen LogP contribution in [0.3, 0.4) is 0 Å². The smallest absolute Gasteiger partial charge is 0.234 e. The molecule has 2 fully saturated rings. The van der Waals surface area contributed by atoms with E-state index in [1.54, 1.807) is 0 Å². The van der Waals surface area contributed by atoms with Gasteiger partial charge in [-0.05, 0) is 42.6 Å². The SMILES string of the molecule is O=C(CN1CC2CNCC2C1)NCc1ccc(Cl)cc1. The molecule has 0 aliphatic carbocycles. The quantitative estimate of drug-likeness (QED) is 0.874. The fourth-order valence-corrected chi connectivity index (χ4v) is 3.27. The number of hydrogen-bond acceptors (Lipinski definition) is 3. The van der Waals surface area contributed by atoms with E-state index >= 15 is 0 Å². The van der Waals surface area contributed by atoms with Gasteiger partial charge in [0.1, 0.15) is 0 Å². The molecule has 108 valence electrons. The number of nitrogens with one attached hydrogen (secondary N) is 2. The van der Waals surface area contributed by atoms with Gasteiger partial charge in [-0.1, -0.05) is 23.7 Å². The number of benzene rings is 1. The summed E-state index contributed by atoms with van der Waals surface area (Å²) in [6, 6.07) is 7.57. The van der Waals surface area contributed by atoms with Crippen LogP contribution >= 0.6 is 11.6 Å². The molecule has 0 spiro atoms. The highest BCUT2D eigenvalue weighted by atomic mass is 35.5. The van der Waals surface area contributed by atoms with Crippen LogP contribution in [0.25, 0.3) is 0 Å². The molecule has 1 amide bonds. The molecular formula is C15H20ClN3O. The summed E-state index contributed by atoms with van der Waals surface area (Å²) in [5.41, 5.74) is 1.07. The molecular weight excluding hydrogens is 274 g/mol. The highest BCUT2D eigenvalue weighted by molar-refractivity contribution is 6.30. The van der Waals surface area contributed by atoms with Gasteiger partial charge < -0.3 is 10.6 Å². The molecule has 0 bridgehead atoms. The molecule has 1 aromatic carbocycles. The molecule has 0 aromatic heterocycles. The van der Waals surface area contributed by atoms with E-state index in [0.29, 0.717) is 13.1 Å². The number of carbonyl (C=O) groups is 1. The Kier molecular flexibility index (Phi) is 4.24. The van der Waals surface area contributed by atoms with Crippen molar-refractivity contribution in [3.8, 4) is 0 Å². The highest BCUT2D eigenvalue weighted by Gasteiger charge is 2.36. The molecule has 0 saturated carbocycles. The van der Waals surface area contributed by atoms with Crippen molar-refractivity contribution in [3.05, 3.63) is 34.9 Å². The third-order valence-corrected chi connectivity index (χ3v) is 4.49. The number of likely N-dealkylation sites (tertiary alicyclic amines) is 1. The lowest BCUT2D eigenvalue weighted by molar-refractivity contribution is -0.122. The van der Waals surface area contributed by atoms with Gasteiger partial charge in [0, 0.05) is 24.7 Å². The monoisotopic (exact) mass is 293 g/mol. The van der Waals surface area contributed by atoms with E-state index in [1.165, 1.54) is 0 Å². The van der Waals surface area contributed by atoms with Crippen molar-refractivity contribution in [2.24, 2.45) is 11.8 Å². The lowest BCUT2D eigenvalue weighted by Crippen LogP contribution is -2.37. The van der Waals surface area contributed by atoms with Crippen molar-refractivity contribution < 1.29 is 4.79 Å². The normalized spacial score (nSPS) is 25.6. The molecule has 4 nitrogen and oxygen atoms in total. The zero-order valence-electron chi connectivity index (χ0n) is 11.4. The van der Waals surface area contributed by atoms with Crippen LogP contribution in [0.15, 0.2) is 24.3 Å². The molecule has 20 heavy (non-hydrogen) atoms. The van der Waals surface area contributed by atoms with Crippen molar-refractivity contribution in [1.82, 2.24) is 15.5 Å². The lowest BCUT2D eigenvalue weighted by Gasteiger charge is -2.16. The maximum Gasteiger partial charge on any atom is 0.234 e. The van der Waals surface area contributed by atoms with E-state index in [1.807, 2.05) is 24.3 Å². The molecule has 2 aliphatic rings. The average molecular weight is 294 g/mol. The zero-order valence-corrected chi connectivity index (χ0v) is 12.2. The Balaban J connectivity index is 1.42. The van der Waals surface area contributed by atoms with Crippen LogP contribution in [-0.4, -0.2) is 43.5 Å².